The number of rotatable bonds is 3. The topological polar surface area (TPSA) is 71.8 Å². The first-order valence-corrected chi connectivity index (χ1v) is 5.05. The number of carbonyl (C=O) groups excluding carboxylic acids is 1. The number of aromatic nitrogens is 2. The molecular weight excluding hydrogens is 202 g/mol. The molecule has 1 aromatic heterocycles. The number of carbonyl (C=O) groups is 1. The van der Waals surface area contributed by atoms with E-state index in [0.29, 0.717) is 17.1 Å². The second kappa shape index (κ2) is 4.18. The summed E-state index contributed by atoms with van der Waals surface area (Å²) >= 11 is 0. The van der Waals surface area contributed by atoms with Crippen molar-refractivity contribution in [1.82, 2.24) is 9.97 Å². The molecule has 0 atom stereocenters. The monoisotopic (exact) mass is 215 g/mol. The molecule has 0 unspecified atom stereocenters. The lowest BCUT2D eigenvalue weighted by molar-refractivity contribution is 0.0991. The zero-order valence-corrected chi connectivity index (χ0v) is 9.03. The van der Waals surface area contributed by atoms with E-state index in [1.54, 1.807) is 18.5 Å². The maximum atomic E-state index is 12.0. The van der Waals surface area contributed by atoms with Crippen molar-refractivity contribution in [3.05, 3.63) is 47.5 Å². The number of hydrogen-bond acceptors (Lipinski definition) is 3. The molecule has 4 nitrogen and oxygen atoms in total. The third-order valence-electron chi connectivity index (χ3n) is 2.47. The number of nitrogens with one attached hydrogen (secondary N) is 1. The van der Waals surface area contributed by atoms with E-state index in [1.807, 2.05) is 19.1 Å². The molecule has 0 aliphatic carbocycles. The van der Waals surface area contributed by atoms with Gasteiger partial charge in [-0.1, -0.05) is 12.1 Å². The molecule has 0 aliphatic heterocycles. The summed E-state index contributed by atoms with van der Waals surface area (Å²) in [5, 5.41) is 0. The Balaban J connectivity index is 2.28. The molecule has 0 saturated carbocycles. The number of Topliss-reactive ketones (excluding diaryl/α,β-unsaturated/α-hetero) is 1. The van der Waals surface area contributed by atoms with Gasteiger partial charge < -0.3 is 10.7 Å². The highest BCUT2D eigenvalue weighted by Gasteiger charge is 2.13. The van der Waals surface area contributed by atoms with Crippen molar-refractivity contribution >= 4 is 11.5 Å². The van der Waals surface area contributed by atoms with Gasteiger partial charge in [0.1, 0.15) is 5.82 Å². The van der Waals surface area contributed by atoms with E-state index in [0.717, 1.165) is 5.56 Å². The summed E-state index contributed by atoms with van der Waals surface area (Å²) in [6.45, 7) is 1.88. The minimum absolute atomic E-state index is 0.00875. The zero-order chi connectivity index (χ0) is 11.5. The number of imidazole rings is 1. The van der Waals surface area contributed by atoms with Crippen molar-refractivity contribution in [2.24, 2.45) is 0 Å². The predicted molar refractivity (Wildman–Crippen MR) is 62.2 cm³/mol. The van der Waals surface area contributed by atoms with Crippen molar-refractivity contribution in [3.8, 4) is 0 Å². The smallest absolute Gasteiger partial charge is 0.172 e. The quantitative estimate of drug-likeness (QED) is 0.605. The number of anilines is 1. The molecule has 0 aliphatic rings. The Bertz CT molecular complexity index is 483. The van der Waals surface area contributed by atoms with Crippen LogP contribution in [0.4, 0.5) is 5.69 Å². The maximum absolute atomic E-state index is 12.0. The summed E-state index contributed by atoms with van der Waals surface area (Å²) < 4.78 is 0. The molecule has 1 heterocycles. The van der Waals surface area contributed by atoms with Crippen LogP contribution in [-0.2, 0) is 6.42 Å². The highest BCUT2D eigenvalue weighted by Crippen LogP contribution is 2.18. The molecule has 0 amide bonds. The van der Waals surface area contributed by atoms with Crippen LogP contribution in [0.2, 0.25) is 0 Å². The van der Waals surface area contributed by atoms with E-state index in [1.165, 1.54) is 0 Å². The largest absolute Gasteiger partial charge is 0.398 e. The molecule has 0 bridgehead atoms. The average Bonchev–Trinajstić information content (AvgIpc) is 2.70. The van der Waals surface area contributed by atoms with Gasteiger partial charge in [-0.3, -0.25) is 4.79 Å². The molecule has 0 radical (unpaired) electrons. The van der Waals surface area contributed by atoms with Gasteiger partial charge in [-0.05, 0) is 18.6 Å². The van der Waals surface area contributed by atoms with E-state index in [4.69, 9.17) is 5.73 Å². The van der Waals surface area contributed by atoms with Gasteiger partial charge in [0.05, 0.1) is 6.42 Å². The number of benzene rings is 1. The number of H-pyrrole nitrogens is 1. The van der Waals surface area contributed by atoms with Crippen molar-refractivity contribution in [2.45, 2.75) is 13.3 Å². The SMILES string of the molecule is Cc1cccc(N)c1C(=O)Cc1ncc[nH]1. The maximum Gasteiger partial charge on any atom is 0.172 e. The number of aromatic amines is 1. The lowest BCUT2D eigenvalue weighted by Crippen LogP contribution is -2.09. The summed E-state index contributed by atoms with van der Waals surface area (Å²) in [4.78, 5) is 18.9. The number of nitrogen functional groups attached to an aromatic ring is 1. The van der Waals surface area contributed by atoms with Gasteiger partial charge in [-0.15, -0.1) is 0 Å². The van der Waals surface area contributed by atoms with Gasteiger partial charge in [-0.2, -0.15) is 0 Å². The summed E-state index contributed by atoms with van der Waals surface area (Å²) in [7, 11) is 0. The van der Waals surface area contributed by atoms with Crippen LogP contribution in [-0.4, -0.2) is 15.8 Å². The number of ketones is 1. The van der Waals surface area contributed by atoms with Crippen LogP contribution in [0, 0.1) is 6.92 Å². The average molecular weight is 215 g/mol. The molecular formula is C12H13N3O. The van der Waals surface area contributed by atoms with Crippen molar-refractivity contribution < 1.29 is 4.79 Å². The molecule has 0 spiro atoms. The molecule has 2 aromatic rings. The molecule has 82 valence electrons. The number of aryl methyl sites for hydroxylation is 1. The standard InChI is InChI=1S/C12H13N3O/c1-8-3-2-4-9(13)12(8)10(16)7-11-14-5-6-15-11/h2-6H,7,13H2,1H3,(H,14,15). The van der Waals surface area contributed by atoms with Crippen LogP contribution < -0.4 is 5.73 Å². The second-order valence-electron chi connectivity index (χ2n) is 3.67. The van der Waals surface area contributed by atoms with E-state index in [9.17, 15) is 4.79 Å². The molecule has 0 fully saturated rings. The molecule has 0 saturated heterocycles. The molecule has 3 N–H and O–H groups in total. The van der Waals surface area contributed by atoms with Crippen LogP contribution >= 0.6 is 0 Å². The minimum Gasteiger partial charge on any atom is -0.398 e. The lowest BCUT2D eigenvalue weighted by atomic mass is 10.0. The van der Waals surface area contributed by atoms with Crippen LogP contribution in [0.1, 0.15) is 21.7 Å². The Hall–Kier alpha value is -2.10. The zero-order valence-electron chi connectivity index (χ0n) is 9.03. The van der Waals surface area contributed by atoms with Gasteiger partial charge in [-0.25, -0.2) is 4.98 Å². The molecule has 2 rings (SSSR count). The minimum atomic E-state index is -0.00875. The Morgan fingerprint density at radius 1 is 1.50 bits per heavy atom. The van der Waals surface area contributed by atoms with Crippen LogP contribution in [0.3, 0.4) is 0 Å². The summed E-state index contributed by atoms with van der Waals surface area (Å²) in [6.07, 6.45) is 3.58. The van der Waals surface area contributed by atoms with Gasteiger partial charge >= 0.3 is 0 Å². The highest BCUT2D eigenvalue weighted by molar-refractivity contribution is 6.02. The third kappa shape index (κ3) is 1.95. The van der Waals surface area contributed by atoms with Crippen LogP contribution in [0.15, 0.2) is 30.6 Å². The van der Waals surface area contributed by atoms with Gasteiger partial charge in [0, 0.05) is 23.6 Å². The highest BCUT2D eigenvalue weighted by atomic mass is 16.1. The molecule has 4 heteroatoms. The van der Waals surface area contributed by atoms with Crippen molar-refractivity contribution in [1.29, 1.82) is 0 Å². The molecule has 1 aromatic carbocycles. The Kier molecular flexibility index (Phi) is 2.72. The number of hydrogen-bond donors (Lipinski definition) is 2. The Labute approximate surface area is 93.5 Å². The number of nitrogens with zero attached hydrogens (tertiary/aromatic N) is 1. The Morgan fingerprint density at radius 3 is 2.94 bits per heavy atom. The van der Waals surface area contributed by atoms with E-state index < -0.39 is 0 Å². The van der Waals surface area contributed by atoms with Crippen LogP contribution in [0.5, 0.6) is 0 Å². The first-order chi connectivity index (χ1) is 7.68. The predicted octanol–water partition coefficient (Wildman–Crippen LogP) is 1.73. The van der Waals surface area contributed by atoms with E-state index in [2.05, 4.69) is 9.97 Å². The fraction of sp³-hybridized carbons (Fsp3) is 0.167. The van der Waals surface area contributed by atoms with Gasteiger partial charge in [0.25, 0.3) is 0 Å². The van der Waals surface area contributed by atoms with E-state index in [-0.39, 0.29) is 12.2 Å². The van der Waals surface area contributed by atoms with E-state index >= 15 is 0 Å². The summed E-state index contributed by atoms with van der Waals surface area (Å²) in [5.41, 5.74) is 7.82. The number of nitrogens with two attached hydrogens (primary N) is 1. The normalized spacial score (nSPS) is 10.3. The van der Waals surface area contributed by atoms with Gasteiger partial charge in [0.2, 0.25) is 0 Å². The molecule has 16 heavy (non-hydrogen) atoms. The second-order valence-corrected chi connectivity index (χ2v) is 3.67. The first kappa shape index (κ1) is 10.4. The fourth-order valence-corrected chi connectivity index (χ4v) is 1.71. The third-order valence-corrected chi connectivity index (χ3v) is 2.47. The van der Waals surface area contributed by atoms with Gasteiger partial charge in [0.15, 0.2) is 5.78 Å². The fourth-order valence-electron chi connectivity index (χ4n) is 1.71. The van der Waals surface area contributed by atoms with Crippen molar-refractivity contribution in [2.75, 3.05) is 5.73 Å². The Morgan fingerprint density at radius 2 is 2.31 bits per heavy atom. The summed E-state index contributed by atoms with van der Waals surface area (Å²) in [5.74, 6) is 0.651. The first-order valence-electron chi connectivity index (χ1n) is 5.05. The van der Waals surface area contributed by atoms with Crippen LogP contribution in [0.25, 0.3) is 0 Å². The lowest BCUT2D eigenvalue weighted by Gasteiger charge is -2.06. The van der Waals surface area contributed by atoms with Crippen molar-refractivity contribution in [3.63, 3.8) is 0 Å². The summed E-state index contributed by atoms with van der Waals surface area (Å²) in [6, 6.07) is 5.46.